The maximum Gasteiger partial charge on any atom is 0.172 e. The largest absolute Gasteiger partial charge is 0.385 e. The van der Waals surface area contributed by atoms with Gasteiger partial charge in [-0.3, -0.25) is 0 Å². The molecule has 0 heterocycles. The monoisotopic (exact) mass is 338 g/mol. The summed E-state index contributed by atoms with van der Waals surface area (Å²) in [6, 6.07) is 16.9. The van der Waals surface area contributed by atoms with Crippen molar-refractivity contribution < 1.29 is 13.5 Å². The number of hydrogen-bond donors (Lipinski definition) is 1. The first-order valence-electron chi connectivity index (χ1n) is 7.04. The van der Waals surface area contributed by atoms with Gasteiger partial charge in [0.15, 0.2) is 14.0 Å². The Bertz CT molecular complexity index is 722. The molecule has 0 saturated heterocycles. The van der Waals surface area contributed by atoms with Crippen LogP contribution in [0.5, 0.6) is 0 Å². The smallest absolute Gasteiger partial charge is 0.172 e. The van der Waals surface area contributed by atoms with Crippen LogP contribution in [0.4, 0.5) is 0 Å². The van der Waals surface area contributed by atoms with Crippen molar-refractivity contribution in [3.8, 4) is 11.1 Å². The molecular weight excluding hydrogens is 320 g/mol. The molecule has 2 atom stereocenters. The van der Waals surface area contributed by atoms with Crippen LogP contribution in [0.1, 0.15) is 25.5 Å². The van der Waals surface area contributed by atoms with Crippen molar-refractivity contribution in [1.29, 1.82) is 0 Å². The molecule has 22 heavy (non-hydrogen) atoms. The maximum absolute atomic E-state index is 12.0. The second kappa shape index (κ2) is 6.41. The number of aliphatic hydroxyl groups is 1. The first-order chi connectivity index (χ1) is 10.3. The molecular formula is C17H19ClO3S. The predicted molar refractivity (Wildman–Crippen MR) is 90.6 cm³/mol. The highest BCUT2D eigenvalue weighted by molar-refractivity contribution is 7.94. The molecule has 0 unspecified atom stereocenters. The fourth-order valence-corrected chi connectivity index (χ4v) is 3.73. The Hall–Kier alpha value is -1.36. The predicted octanol–water partition coefficient (Wildman–Crippen LogP) is 3.78. The van der Waals surface area contributed by atoms with E-state index in [9.17, 15) is 13.5 Å². The van der Waals surface area contributed by atoms with Gasteiger partial charge in [0.25, 0.3) is 0 Å². The van der Waals surface area contributed by atoms with Gasteiger partial charge in [0.1, 0.15) is 6.10 Å². The minimum Gasteiger partial charge on any atom is -0.385 e. The Balaban J connectivity index is 2.31. The van der Waals surface area contributed by atoms with Gasteiger partial charge in [-0.15, -0.1) is 0 Å². The van der Waals surface area contributed by atoms with E-state index in [0.717, 1.165) is 11.1 Å². The molecule has 0 aliphatic heterocycles. The molecule has 2 aromatic carbocycles. The van der Waals surface area contributed by atoms with Gasteiger partial charge >= 0.3 is 0 Å². The summed E-state index contributed by atoms with van der Waals surface area (Å²) in [4.78, 5) is 0. The summed E-state index contributed by atoms with van der Waals surface area (Å²) in [7, 11) is -3.59. The van der Waals surface area contributed by atoms with E-state index in [1.807, 2.05) is 42.5 Å². The quantitative estimate of drug-likeness (QED) is 0.844. The molecule has 2 aromatic rings. The third-order valence-electron chi connectivity index (χ3n) is 3.81. The van der Waals surface area contributed by atoms with Crippen molar-refractivity contribution >= 4 is 21.4 Å². The third kappa shape index (κ3) is 3.19. The molecule has 3 nitrogen and oxygen atoms in total. The number of aliphatic hydroxyl groups excluding tert-OH is 1. The summed E-state index contributed by atoms with van der Waals surface area (Å²) in [5.41, 5.74) is 2.53. The second-order valence-corrected chi connectivity index (χ2v) is 8.94. The van der Waals surface area contributed by atoms with E-state index in [1.165, 1.54) is 13.8 Å². The summed E-state index contributed by atoms with van der Waals surface area (Å²) in [6.45, 7) is 2.85. The molecule has 0 bridgehead atoms. The van der Waals surface area contributed by atoms with Crippen LogP contribution < -0.4 is 0 Å². The second-order valence-electron chi connectivity index (χ2n) is 5.28. The Morgan fingerprint density at radius 1 is 1.05 bits per heavy atom. The number of rotatable bonds is 5. The van der Waals surface area contributed by atoms with E-state index < -0.39 is 20.1 Å². The van der Waals surface area contributed by atoms with Crippen molar-refractivity contribution in [2.24, 2.45) is 0 Å². The van der Waals surface area contributed by atoms with Gasteiger partial charge < -0.3 is 5.11 Å². The van der Waals surface area contributed by atoms with E-state index in [0.29, 0.717) is 5.56 Å². The van der Waals surface area contributed by atoms with Crippen LogP contribution in [0.2, 0.25) is 0 Å². The lowest BCUT2D eigenvalue weighted by atomic mass is 10.0. The molecule has 0 aliphatic rings. The maximum atomic E-state index is 12.0. The van der Waals surface area contributed by atoms with Crippen LogP contribution in [-0.2, 0) is 9.84 Å². The van der Waals surface area contributed by atoms with Crippen molar-refractivity contribution in [2.75, 3.05) is 5.75 Å². The zero-order chi connectivity index (χ0) is 16.4. The van der Waals surface area contributed by atoms with E-state index in [1.54, 1.807) is 12.1 Å². The van der Waals surface area contributed by atoms with Crippen molar-refractivity contribution in [3.05, 3.63) is 60.2 Å². The van der Waals surface area contributed by atoms with Gasteiger partial charge in [0.05, 0.1) is 0 Å². The summed E-state index contributed by atoms with van der Waals surface area (Å²) in [5.74, 6) is -0.119. The van der Waals surface area contributed by atoms with Gasteiger partial charge in [-0.1, -0.05) is 73.1 Å². The molecule has 1 N–H and O–H groups in total. The summed E-state index contributed by atoms with van der Waals surface area (Å²) >= 11 is 6.13. The molecule has 0 amide bonds. The number of sulfone groups is 1. The van der Waals surface area contributed by atoms with Crippen LogP contribution in [0.3, 0.4) is 0 Å². The lowest BCUT2D eigenvalue weighted by Crippen LogP contribution is -2.37. The normalized spacial score (nSPS) is 16.0. The molecule has 0 aromatic heterocycles. The van der Waals surface area contributed by atoms with Gasteiger partial charge in [-0.2, -0.15) is 0 Å². The van der Waals surface area contributed by atoms with Crippen molar-refractivity contribution in [1.82, 2.24) is 0 Å². The van der Waals surface area contributed by atoms with E-state index >= 15 is 0 Å². The van der Waals surface area contributed by atoms with Gasteiger partial charge in [0.2, 0.25) is 0 Å². The Labute approximate surface area is 136 Å². The summed E-state index contributed by atoms with van der Waals surface area (Å²) in [5, 5.41) is 10.4. The molecule has 0 fully saturated rings. The number of hydrogen-bond acceptors (Lipinski definition) is 3. The topological polar surface area (TPSA) is 54.4 Å². The molecule has 0 saturated carbocycles. The first-order valence-corrected chi connectivity index (χ1v) is 9.07. The first kappa shape index (κ1) is 17.0. The summed E-state index contributed by atoms with van der Waals surface area (Å²) in [6.07, 6.45) is -1.29. The standard InChI is InChI=1S/C17H19ClO3S/c1-3-22(20,21)17(2,18)16(19)15-11-9-14(10-12-15)13-7-5-4-6-8-13/h4-12,16,19H,3H2,1-2H3/t16-,17-/m0/s1. The van der Waals surface area contributed by atoms with Crippen LogP contribution in [0.15, 0.2) is 54.6 Å². The molecule has 5 heteroatoms. The molecule has 118 valence electrons. The Kier molecular flexibility index (Phi) is 4.95. The molecule has 0 radical (unpaired) electrons. The van der Waals surface area contributed by atoms with E-state index in [4.69, 9.17) is 11.6 Å². The minimum atomic E-state index is -3.59. The lowest BCUT2D eigenvalue weighted by Gasteiger charge is -2.27. The zero-order valence-corrected chi connectivity index (χ0v) is 14.1. The zero-order valence-electron chi connectivity index (χ0n) is 12.5. The average molecular weight is 339 g/mol. The van der Waals surface area contributed by atoms with E-state index in [2.05, 4.69) is 0 Å². The Morgan fingerprint density at radius 3 is 2.05 bits per heavy atom. The van der Waals surface area contributed by atoms with Crippen LogP contribution >= 0.6 is 11.6 Å². The lowest BCUT2D eigenvalue weighted by molar-refractivity contribution is 0.162. The van der Waals surface area contributed by atoms with Gasteiger partial charge in [-0.25, -0.2) is 8.42 Å². The SMILES string of the molecule is CCS(=O)(=O)[C@](C)(Cl)[C@@H](O)c1ccc(-c2ccccc2)cc1. The Morgan fingerprint density at radius 2 is 1.55 bits per heavy atom. The summed E-state index contributed by atoms with van der Waals surface area (Å²) < 4.78 is 22.3. The number of benzene rings is 2. The van der Waals surface area contributed by atoms with Gasteiger partial charge in [0, 0.05) is 5.75 Å². The van der Waals surface area contributed by atoms with Crippen LogP contribution in [0.25, 0.3) is 11.1 Å². The highest BCUT2D eigenvalue weighted by Crippen LogP contribution is 2.37. The number of alkyl halides is 1. The minimum absolute atomic E-state index is 0.119. The van der Waals surface area contributed by atoms with Crippen LogP contribution in [0, 0.1) is 0 Å². The highest BCUT2D eigenvalue weighted by Gasteiger charge is 2.43. The van der Waals surface area contributed by atoms with Crippen molar-refractivity contribution in [2.45, 2.75) is 24.2 Å². The van der Waals surface area contributed by atoms with Gasteiger partial charge in [-0.05, 0) is 23.6 Å². The van der Waals surface area contributed by atoms with Crippen LogP contribution in [-0.4, -0.2) is 23.5 Å². The third-order valence-corrected chi connectivity index (χ3v) is 6.92. The molecule has 0 spiro atoms. The average Bonchev–Trinajstić information content (AvgIpc) is 2.55. The fraction of sp³-hybridized carbons (Fsp3) is 0.294. The fourth-order valence-electron chi connectivity index (χ4n) is 2.24. The molecule has 2 rings (SSSR count). The highest BCUT2D eigenvalue weighted by atomic mass is 35.5. The molecule has 0 aliphatic carbocycles. The van der Waals surface area contributed by atoms with Crippen molar-refractivity contribution in [3.63, 3.8) is 0 Å². The van der Waals surface area contributed by atoms with E-state index in [-0.39, 0.29) is 5.75 Å². The number of halogens is 1.